The maximum absolute atomic E-state index is 11.7. The smallest absolute Gasteiger partial charge is 0.408 e. The lowest BCUT2D eigenvalue weighted by molar-refractivity contribution is -0.142. The number of nitrogens with zero attached hydrogens (tertiary/aromatic N) is 1. The molecule has 1 aliphatic heterocycles. The number of carbonyl (C=O) groups is 3. The molecule has 1 unspecified atom stereocenters. The van der Waals surface area contributed by atoms with Crippen LogP contribution in [-0.2, 0) is 16.1 Å². The highest BCUT2D eigenvalue weighted by Gasteiger charge is 2.42. The van der Waals surface area contributed by atoms with Crippen molar-refractivity contribution in [2.24, 2.45) is 5.73 Å². The number of amides is 2. The first-order valence-electron chi connectivity index (χ1n) is 7.71. The fraction of sp³-hybridized carbons (Fsp3) is 0.438. The summed E-state index contributed by atoms with van der Waals surface area (Å²) >= 11 is 0. The van der Waals surface area contributed by atoms with E-state index in [1.165, 1.54) is 0 Å². The molecule has 24 heavy (non-hydrogen) atoms. The molecule has 0 aromatic heterocycles. The molecule has 130 valence electrons. The zero-order valence-electron chi connectivity index (χ0n) is 13.1. The maximum Gasteiger partial charge on any atom is 0.408 e. The van der Waals surface area contributed by atoms with Gasteiger partial charge in [-0.25, -0.2) is 9.59 Å². The van der Waals surface area contributed by atoms with Gasteiger partial charge in [0, 0.05) is 12.6 Å². The van der Waals surface area contributed by atoms with Gasteiger partial charge in [-0.15, -0.1) is 0 Å². The Balaban J connectivity index is 2.03. The third-order valence-electron chi connectivity index (χ3n) is 4.26. The number of rotatable bonds is 7. The topological polar surface area (TPSA) is 133 Å². The van der Waals surface area contributed by atoms with Crippen LogP contribution in [0.5, 0.6) is 0 Å². The number of nitrogens with one attached hydrogen (secondary N) is 1. The van der Waals surface area contributed by atoms with Crippen LogP contribution in [0.15, 0.2) is 30.3 Å². The largest absolute Gasteiger partial charge is 0.480 e. The minimum Gasteiger partial charge on any atom is -0.480 e. The third-order valence-corrected chi connectivity index (χ3v) is 4.26. The molecule has 2 amide bonds. The highest BCUT2D eigenvalue weighted by atomic mass is 16.4. The first-order chi connectivity index (χ1) is 11.4. The van der Waals surface area contributed by atoms with Crippen molar-refractivity contribution in [3.8, 4) is 0 Å². The average molecular weight is 335 g/mol. The number of benzene rings is 1. The van der Waals surface area contributed by atoms with Crippen LogP contribution in [0, 0.1) is 0 Å². The molecule has 1 aromatic rings. The van der Waals surface area contributed by atoms with Crippen molar-refractivity contribution in [2.45, 2.75) is 43.9 Å². The second-order valence-corrected chi connectivity index (χ2v) is 5.83. The normalized spacial score (nSPS) is 21.4. The van der Waals surface area contributed by atoms with E-state index < -0.39 is 36.1 Å². The van der Waals surface area contributed by atoms with E-state index in [2.05, 4.69) is 5.32 Å². The van der Waals surface area contributed by atoms with Crippen LogP contribution in [0.1, 0.15) is 24.8 Å². The van der Waals surface area contributed by atoms with E-state index in [0.29, 0.717) is 13.0 Å². The predicted molar refractivity (Wildman–Crippen MR) is 85.2 cm³/mol. The molecule has 1 aromatic carbocycles. The van der Waals surface area contributed by atoms with Gasteiger partial charge in [0.15, 0.2) is 0 Å². The van der Waals surface area contributed by atoms with Crippen LogP contribution in [-0.4, -0.2) is 51.2 Å². The van der Waals surface area contributed by atoms with Crippen LogP contribution >= 0.6 is 0 Å². The summed E-state index contributed by atoms with van der Waals surface area (Å²) in [6.07, 6.45) is -0.523. The quantitative estimate of drug-likeness (QED) is 0.577. The SMILES string of the molecule is NC(=O)C(C[C@@H]1CC[C@@H](C(=O)O)N1C(=O)O)NCc1ccccc1. The molecule has 1 saturated heterocycles. The van der Waals surface area contributed by atoms with Crippen LogP contribution < -0.4 is 11.1 Å². The molecular weight excluding hydrogens is 314 g/mol. The van der Waals surface area contributed by atoms with Gasteiger partial charge in [0.2, 0.25) is 5.91 Å². The zero-order chi connectivity index (χ0) is 17.7. The summed E-state index contributed by atoms with van der Waals surface area (Å²) in [5, 5.41) is 21.4. The molecule has 1 fully saturated rings. The summed E-state index contributed by atoms with van der Waals surface area (Å²) in [5.74, 6) is -1.76. The molecule has 8 nitrogen and oxygen atoms in total. The van der Waals surface area contributed by atoms with E-state index in [1.807, 2.05) is 30.3 Å². The van der Waals surface area contributed by atoms with E-state index in [1.54, 1.807) is 0 Å². The number of nitrogens with two attached hydrogens (primary N) is 1. The lowest BCUT2D eigenvalue weighted by Crippen LogP contribution is -2.49. The Kier molecular flexibility index (Phi) is 5.75. The molecule has 1 aliphatic rings. The van der Waals surface area contributed by atoms with E-state index in [0.717, 1.165) is 10.5 Å². The van der Waals surface area contributed by atoms with E-state index in [-0.39, 0.29) is 12.8 Å². The fourth-order valence-corrected chi connectivity index (χ4v) is 3.06. The van der Waals surface area contributed by atoms with Crippen molar-refractivity contribution in [1.29, 1.82) is 0 Å². The molecule has 3 atom stereocenters. The van der Waals surface area contributed by atoms with Crippen molar-refractivity contribution in [3.63, 3.8) is 0 Å². The first kappa shape index (κ1) is 17.7. The molecule has 8 heteroatoms. The molecule has 1 heterocycles. The molecular formula is C16H21N3O5. The number of primary amides is 1. The Labute approximate surface area is 139 Å². The van der Waals surface area contributed by atoms with Crippen LogP contribution in [0.3, 0.4) is 0 Å². The first-order valence-corrected chi connectivity index (χ1v) is 7.71. The van der Waals surface area contributed by atoms with E-state index >= 15 is 0 Å². The number of hydrogen-bond donors (Lipinski definition) is 4. The number of likely N-dealkylation sites (tertiary alicyclic amines) is 1. The summed E-state index contributed by atoms with van der Waals surface area (Å²) in [6.45, 7) is 0.413. The second kappa shape index (κ2) is 7.78. The monoisotopic (exact) mass is 335 g/mol. The number of carboxylic acids is 1. The summed E-state index contributed by atoms with van der Waals surface area (Å²) in [6, 6.07) is 7.05. The molecule has 5 N–H and O–H groups in total. The lowest BCUT2D eigenvalue weighted by Gasteiger charge is -2.28. The van der Waals surface area contributed by atoms with Gasteiger partial charge in [-0.05, 0) is 24.8 Å². The minimum absolute atomic E-state index is 0.151. The Morgan fingerprint density at radius 3 is 2.42 bits per heavy atom. The number of carbonyl (C=O) groups excluding carboxylic acids is 1. The van der Waals surface area contributed by atoms with Gasteiger partial charge in [-0.2, -0.15) is 0 Å². The van der Waals surface area contributed by atoms with Gasteiger partial charge in [0.25, 0.3) is 0 Å². The number of hydrogen-bond acceptors (Lipinski definition) is 4. The van der Waals surface area contributed by atoms with Gasteiger partial charge in [0.05, 0.1) is 6.04 Å². The summed E-state index contributed by atoms with van der Waals surface area (Å²) in [4.78, 5) is 35.2. The highest BCUT2D eigenvalue weighted by molar-refractivity contribution is 5.81. The third kappa shape index (κ3) is 4.23. The molecule has 0 aliphatic carbocycles. The minimum atomic E-state index is -1.30. The Hall–Kier alpha value is -2.61. The summed E-state index contributed by atoms with van der Waals surface area (Å²) in [7, 11) is 0. The van der Waals surface area contributed by atoms with Crippen LogP contribution in [0.2, 0.25) is 0 Å². The molecule has 2 rings (SSSR count). The van der Waals surface area contributed by atoms with Gasteiger partial charge >= 0.3 is 12.1 Å². The van der Waals surface area contributed by atoms with Crippen molar-refractivity contribution < 1.29 is 24.6 Å². The summed E-state index contributed by atoms with van der Waals surface area (Å²) < 4.78 is 0. The maximum atomic E-state index is 11.7. The predicted octanol–water partition coefficient (Wildman–Crippen LogP) is 0.616. The molecule has 0 radical (unpaired) electrons. The van der Waals surface area contributed by atoms with Crippen molar-refractivity contribution in [3.05, 3.63) is 35.9 Å². The standard InChI is InChI=1S/C16H21N3O5/c17-14(20)12(18-9-10-4-2-1-3-5-10)8-11-6-7-13(15(21)22)19(11)16(23)24/h1-5,11-13,18H,6-9H2,(H2,17,20)(H,21,22)(H,23,24)/t11-,12?,13-/m0/s1. The number of carboxylic acid groups (broad SMARTS) is 2. The van der Waals surface area contributed by atoms with E-state index in [9.17, 15) is 19.5 Å². The van der Waals surface area contributed by atoms with Gasteiger partial charge in [0.1, 0.15) is 6.04 Å². The summed E-state index contributed by atoms with van der Waals surface area (Å²) in [5.41, 5.74) is 6.38. The highest BCUT2D eigenvalue weighted by Crippen LogP contribution is 2.27. The zero-order valence-corrected chi connectivity index (χ0v) is 13.1. The molecule has 0 bridgehead atoms. The van der Waals surface area contributed by atoms with Gasteiger partial charge in [-0.3, -0.25) is 9.69 Å². The molecule has 0 saturated carbocycles. The Morgan fingerprint density at radius 1 is 1.21 bits per heavy atom. The number of aliphatic carboxylic acids is 1. The fourth-order valence-electron chi connectivity index (χ4n) is 3.06. The second-order valence-electron chi connectivity index (χ2n) is 5.83. The van der Waals surface area contributed by atoms with Crippen LogP contribution in [0.25, 0.3) is 0 Å². The Bertz CT molecular complexity index is 607. The Morgan fingerprint density at radius 2 is 1.88 bits per heavy atom. The van der Waals surface area contributed by atoms with Crippen LogP contribution in [0.4, 0.5) is 4.79 Å². The van der Waals surface area contributed by atoms with Gasteiger partial charge in [-0.1, -0.05) is 30.3 Å². The van der Waals surface area contributed by atoms with Gasteiger partial charge < -0.3 is 21.3 Å². The molecule has 0 spiro atoms. The van der Waals surface area contributed by atoms with Crippen molar-refractivity contribution in [2.75, 3.05) is 0 Å². The van der Waals surface area contributed by atoms with Crippen molar-refractivity contribution >= 4 is 18.0 Å². The van der Waals surface area contributed by atoms with E-state index in [4.69, 9.17) is 10.8 Å². The average Bonchev–Trinajstić information content (AvgIpc) is 2.96. The van der Waals surface area contributed by atoms with Crippen molar-refractivity contribution in [1.82, 2.24) is 10.2 Å². The lowest BCUT2D eigenvalue weighted by atomic mass is 10.0.